The Morgan fingerprint density at radius 2 is 2.31 bits per heavy atom. The molecule has 2 rings (SSSR count). The molecule has 68 valence electrons. The van der Waals surface area contributed by atoms with Crippen molar-refractivity contribution in [1.82, 2.24) is 15.0 Å². The van der Waals surface area contributed by atoms with Crippen LogP contribution in [0.4, 0.5) is 0 Å². The summed E-state index contributed by atoms with van der Waals surface area (Å²) in [6.07, 6.45) is 4.64. The molecule has 0 saturated heterocycles. The SMILES string of the molecule is NC(=O)c1ncnc(CC2CC2)n1. The van der Waals surface area contributed by atoms with Gasteiger partial charge in [0.05, 0.1) is 0 Å². The minimum Gasteiger partial charge on any atom is -0.363 e. The maximum absolute atomic E-state index is 10.7. The molecule has 1 aliphatic carbocycles. The summed E-state index contributed by atoms with van der Waals surface area (Å²) in [7, 11) is 0. The average Bonchev–Trinajstić information content (AvgIpc) is 2.89. The lowest BCUT2D eigenvalue weighted by Gasteiger charge is -1.97. The third-order valence-corrected chi connectivity index (χ3v) is 2.01. The van der Waals surface area contributed by atoms with Crippen LogP contribution >= 0.6 is 0 Å². The standard InChI is InChI=1S/C8H10N4O/c9-7(13)8-11-4-10-6(12-8)3-5-1-2-5/h4-5H,1-3H2,(H2,9,13). The Labute approximate surface area is 75.4 Å². The maximum Gasteiger partial charge on any atom is 0.286 e. The lowest BCUT2D eigenvalue weighted by atomic mass is 10.3. The normalized spacial score (nSPS) is 15.7. The van der Waals surface area contributed by atoms with Crippen molar-refractivity contribution in [3.8, 4) is 0 Å². The van der Waals surface area contributed by atoms with Crippen LogP contribution in [-0.2, 0) is 6.42 Å². The number of nitrogens with two attached hydrogens (primary N) is 1. The zero-order valence-electron chi connectivity index (χ0n) is 7.10. The van der Waals surface area contributed by atoms with Crippen LogP contribution in [-0.4, -0.2) is 20.9 Å². The summed E-state index contributed by atoms with van der Waals surface area (Å²) in [5.74, 6) is 0.833. The molecule has 0 spiro atoms. The van der Waals surface area contributed by atoms with Crippen molar-refractivity contribution in [3.05, 3.63) is 18.0 Å². The summed E-state index contributed by atoms with van der Waals surface area (Å²) >= 11 is 0. The lowest BCUT2D eigenvalue weighted by Crippen LogP contribution is -2.16. The fourth-order valence-corrected chi connectivity index (χ4v) is 1.13. The number of carbonyl (C=O) groups is 1. The molecule has 0 radical (unpaired) electrons. The molecule has 0 unspecified atom stereocenters. The average molecular weight is 178 g/mol. The third-order valence-electron chi connectivity index (χ3n) is 2.01. The first-order valence-electron chi connectivity index (χ1n) is 4.23. The van der Waals surface area contributed by atoms with Crippen LogP contribution in [0.1, 0.15) is 29.3 Å². The summed E-state index contributed by atoms with van der Waals surface area (Å²) in [6.45, 7) is 0. The number of rotatable bonds is 3. The molecule has 0 aromatic carbocycles. The zero-order chi connectivity index (χ0) is 9.26. The van der Waals surface area contributed by atoms with Crippen molar-refractivity contribution in [2.45, 2.75) is 19.3 Å². The van der Waals surface area contributed by atoms with Gasteiger partial charge in [0.15, 0.2) is 0 Å². The summed E-state index contributed by atoms with van der Waals surface area (Å²) in [4.78, 5) is 22.3. The van der Waals surface area contributed by atoms with Crippen molar-refractivity contribution in [2.75, 3.05) is 0 Å². The fourth-order valence-electron chi connectivity index (χ4n) is 1.13. The van der Waals surface area contributed by atoms with E-state index in [0.29, 0.717) is 11.7 Å². The Kier molecular flexibility index (Phi) is 1.92. The predicted molar refractivity (Wildman–Crippen MR) is 44.8 cm³/mol. The highest BCUT2D eigenvalue weighted by molar-refractivity contribution is 5.88. The van der Waals surface area contributed by atoms with Crippen molar-refractivity contribution in [1.29, 1.82) is 0 Å². The van der Waals surface area contributed by atoms with Crippen LogP contribution in [0.25, 0.3) is 0 Å². The van der Waals surface area contributed by atoms with Gasteiger partial charge in [-0.05, 0) is 18.8 Å². The van der Waals surface area contributed by atoms with Crippen LogP contribution in [0.15, 0.2) is 6.33 Å². The first-order chi connectivity index (χ1) is 6.25. The summed E-state index contributed by atoms with van der Waals surface area (Å²) < 4.78 is 0. The van der Waals surface area contributed by atoms with Gasteiger partial charge in [0.1, 0.15) is 12.2 Å². The lowest BCUT2D eigenvalue weighted by molar-refractivity contribution is 0.0989. The molecular formula is C8H10N4O. The molecule has 5 nitrogen and oxygen atoms in total. The van der Waals surface area contributed by atoms with Crippen molar-refractivity contribution in [3.63, 3.8) is 0 Å². The first-order valence-corrected chi connectivity index (χ1v) is 4.23. The summed E-state index contributed by atoms with van der Waals surface area (Å²) in [6, 6.07) is 0. The van der Waals surface area contributed by atoms with Crippen LogP contribution < -0.4 is 5.73 Å². The molecule has 1 aromatic heterocycles. The minimum atomic E-state index is -0.598. The number of primary amides is 1. The molecule has 2 N–H and O–H groups in total. The third kappa shape index (κ3) is 1.99. The van der Waals surface area contributed by atoms with Gasteiger partial charge >= 0.3 is 0 Å². The molecule has 1 saturated carbocycles. The molecule has 0 atom stereocenters. The second kappa shape index (κ2) is 3.08. The van der Waals surface area contributed by atoms with E-state index in [1.54, 1.807) is 0 Å². The Morgan fingerprint density at radius 3 is 2.92 bits per heavy atom. The van der Waals surface area contributed by atoms with Gasteiger partial charge < -0.3 is 5.73 Å². The van der Waals surface area contributed by atoms with Gasteiger partial charge in [-0.25, -0.2) is 15.0 Å². The number of nitrogens with zero attached hydrogens (tertiary/aromatic N) is 3. The number of hydrogen-bond acceptors (Lipinski definition) is 4. The molecule has 1 aromatic rings. The van der Waals surface area contributed by atoms with Gasteiger partial charge in [0.25, 0.3) is 5.91 Å². The highest BCUT2D eigenvalue weighted by Gasteiger charge is 2.23. The van der Waals surface area contributed by atoms with E-state index in [1.807, 2.05) is 0 Å². The Hall–Kier alpha value is -1.52. The zero-order valence-corrected chi connectivity index (χ0v) is 7.10. The van der Waals surface area contributed by atoms with Gasteiger partial charge in [-0.2, -0.15) is 0 Å². The molecule has 1 aliphatic rings. The number of carbonyl (C=O) groups excluding carboxylic acids is 1. The monoisotopic (exact) mass is 178 g/mol. The topological polar surface area (TPSA) is 81.8 Å². The van der Waals surface area contributed by atoms with Crippen molar-refractivity contribution in [2.24, 2.45) is 11.7 Å². The van der Waals surface area contributed by atoms with Crippen LogP contribution in [0, 0.1) is 5.92 Å². The van der Waals surface area contributed by atoms with Gasteiger partial charge in [-0.1, -0.05) is 0 Å². The van der Waals surface area contributed by atoms with Crippen LogP contribution in [0.2, 0.25) is 0 Å². The van der Waals surface area contributed by atoms with E-state index in [0.717, 1.165) is 6.42 Å². The van der Waals surface area contributed by atoms with E-state index in [4.69, 9.17) is 5.73 Å². The number of hydrogen-bond donors (Lipinski definition) is 1. The van der Waals surface area contributed by atoms with Crippen LogP contribution in [0.5, 0.6) is 0 Å². The van der Waals surface area contributed by atoms with Crippen molar-refractivity contribution >= 4 is 5.91 Å². The summed E-state index contributed by atoms with van der Waals surface area (Å²) in [5, 5.41) is 0. The van der Waals surface area contributed by atoms with Gasteiger partial charge in [-0.15, -0.1) is 0 Å². The Balaban J connectivity index is 2.15. The van der Waals surface area contributed by atoms with Crippen LogP contribution in [0.3, 0.4) is 0 Å². The van der Waals surface area contributed by atoms with Crippen molar-refractivity contribution < 1.29 is 4.79 Å². The molecule has 13 heavy (non-hydrogen) atoms. The minimum absolute atomic E-state index is 0.0608. The molecule has 1 heterocycles. The smallest absolute Gasteiger partial charge is 0.286 e. The largest absolute Gasteiger partial charge is 0.363 e. The number of aromatic nitrogens is 3. The van der Waals surface area contributed by atoms with E-state index in [9.17, 15) is 4.79 Å². The van der Waals surface area contributed by atoms with E-state index in [1.165, 1.54) is 19.2 Å². The van der Waals surface area contributed by atoms with E-state index in [2.05, 4.69) is 15.0 Å². The van der Waals surface area contributed by atoms with Gasteiger partial charge in [-0.3, -0.25) is 4.79 Å². The van der Waals surface area contributed by atoms with E-state index >= 15 is 0 Å². The fraction of sp³-hybridized carbons (Fsp3) is 0.500. The highest BCUT2D eigenvalue weighted by atomic mass is 16.1. The second-order valence-electron chi connectivity index (χ2n) is 3.24. The molecule has 5 heteroatoms. The predicted octanol–water partition coefficient (Wildman–Crippen LogP) is -0.0770. The Morgan fingerprint density at radius 1 is 1.54 bits per heavy atom. The van der Waals surface area contributed by atoms with Gasteiger partial charge in [0.2, 0.25) is 5.82 Å². The quantitative estimate of drug-likeness (QED) is 0.702. The number of amides is 1. The Bertz CT molecular complexity index is 335. The molecule has 1 fully saturated rings. The molecule has 0 bridgehead atoms. The molecule has 0 aliphatic heterocycles. The summed E-state index contributed by atoms with van der Waals surface area (Å²) in [5.41, 5.74) is 5.04. The maximum atomic E-state index is 10.7. The van der Waals surface area contributed by atoms with E-state index in [-0.39, 0.29) is 5.82 Å². The first kappa shape index (κ1) is 8.10. The molecular weight excluding hydrogens is 168 g/mol. The van der Waals surface area contributed by atoms with E-state index < -0.39 is 5.91 Å². The van der Waals surface area contributed by atoms with Gasteiger partial charge in [0, 0.05) is 6.42 Å². The molecule has 1 amide bonds. The second-order valence-corrected chi connectivity index (χ2v) is 3.24. The highest BCUT2D eigenvalue weighted by Crippen LogP contribution is 2.31.